The van der Waals surface area contributed by atoms with E-state index in [1.807, 2.05) is 0 Å². The number of Topliss-reactive ketones (excluding diaryl/α,β-unsaturated/α-hetero) is 1. The van der Waals surface area contributed by atoms with E-state index in [0.29, 0.717) is 24.3 Å². The minimum atomic E-state index is 0.353. The van der Waals surface area contributed by atoms with Gasteiger partial charge >= 0.3 is 0 Å². The summed E-state index contributed by atoms with van der Waals surface area (Å²) in [6.45, 7) is 2.36. The highest BCUT2D eigenvalue weighted by Crippen LogP contribution is 2.25. The monoisotopic (exact) mass is 239 g/mol. The lowest BCUT2D eigenvalue weighted by Gasteiger charge is -2.32. The SMILES string of the molecule is CN(CC(=O)C1CCCCC1)C1CCOCC1. The quantitative estimate of drug-likeness (QED) is 0.753. The minimum absolute atomic E-state index is 0.353. The van der Waals surface area contributed by atoms with Crippen molar-refractivity contribution in [3.8, 4) is 0 Å². The normalized spacial score (nSPS) is 24.1. The van der Waals surface area contributed by atoms with E-state index in [-0.39, 0.29) is 0 Å². The largest absolute Gasteiger partial charge is 0.381 e. The Bertz CT molecular complexity index is 243. The predicted molar refractivity (Wildman–Crippen MR) is 68.1 cm³/mol. The van der Waals surface area contributed by atoms with E-state index in [9.17, 15) is 4.79 Å². The van der Waals surface area contributed by atoms with E-state index < -0.39 is 0 Å². The third-order valence-electron chi connectivity index (χ3n) is 4.28. The third kappa shape index (κ3) is 3.78. The van der Waals surface area contributed by atoms with Gasteiger partial charge in [0.05, 0.1) is 6.54 Å². The molecule has 3 heteroatoms. The van der Waals surface area contributed by atoms with Crippen LogP contribution >= 0.6 is 0 Å². The van der Waals surface area contributed by atoms with Gasteiger partial charge in [0.15, 0.2) is 0 Å². The molecular weight excluding hydrogens is 214 g/mol. The number of ether oxygens (including phenoxy) is 1. The second-order valence-electron chi connectivity index (χ2n) is 5.56. The number of rotatable bonds is 4. The molecule has 1 saturated heterocycles. The summed E-state index contributed by atoms with van der Waals surface area (Å²) in [5.74, 6) is 0.824. The molecule has 2 rings (SSSR count). The summed E-state index contributed by atoms with van der Waals surface area (Å²) >= 11 is 0. The summed E-state index contributed by atoms with van der Waals surface area (Å²) in [6.07, 6.45) is 8.22. The van der Waals surface area contributed by atoms with Gasteiger partial charge in [-0.1, -0.05) is 19.3 Å². The smallest absolute Gasteiger partial charge is 0.149 e. The molecule has 2 aliphatic rings. The Morgan fingerprint density at radius 1 is 1.12 bits per heavy atom. The van der Waals surface area contributed by atoms with Gasteiger partial charge in [-0.2, -0.15) is 0 Å². The van der Waals surface area contributed by atoms with Crippen LogP contribution in [0.25, 0.3) is 0 Å². The average molecular weight is 239 g/mol. The lowest BCUT2D eigenvalue weighted by Crippen LogP contribution is -2.41. The van der Waals surface area contributed by atoms with Crippen LogP contribution in [0.5, 0.6) is 0 Å². The zero-order valence-corrected chi connectivity index (χ0v) is 11.0. The molecule has 1 aliphatic heterocycles. The van der Waals surface area contributed by atoms with Gasteiger partial charge in [0.1, 0.15) is 5.78 Å². The van der Waals surface area contributed by atoms with Gasteiger partial charge in [0.2, 0.25) is 0 Å². The second-order valence-corrected chi connectivity index (χ2v) is 5.56. The number of nitrogens with zero attached hydrogens (tertiary/aromatic N) is 1. The molecule has 17 heavy (non-hydrogen) atoms. The number of ketones is 1. The topological polar surface area (TPSA) is 29.5 Å². The summed E-state index contributed by atoms with van der Waals surface area (Å²) in [7, 11) is 2.09. The Morgan fingerprint density at radius 2 is 1.76 bits per heavy atom. The van der Waals surface area contributed by atoms with Crippen molar-refractivity contribution in [2.24, 2.45) is 5.92 Å². The molecule has 0 unspecified atom stereocenters. The molecule has 0 bridgehead atoms. The first-order valence-corrected chi connectivity index (χ1v) is 7.08. The van der Waals surface area contributed by atoms with Crippen LogP contribution in [0.2, 0.25) is 0 Å². The molecule has 3 nitrogen and oxygen atoms in total. The molecule has 0 spiro atoms. The number of carbonyl (C=O) groups excluding carboxylic acids is 1. The molecule has 1 aliphatic carbocycles. The van der Waals surface area contributed by atoms with Crippen molar-refractivity contribution in [3.63, 3.8) is 0 Å². The van der Waals surface area contributed by atoms with Crippen LogP contribution in [0.4, 0.5) is 0 Å². The molecule has 0 N–H and O–H groups in total. The maximum absolute atomic E-state index is 12.2. The maximum atomic E-state index is 12.2. The zero-order chi connectivity index (χ0) is 12.1. The fourth-order valence-electron chi connectivity index (χ4n) is 3.05. The van der Waals surface area contributed by atoms with Crippen LogP contribution in [-0.4, -0.2) is 43.5 Å². The first-order chi connectivity index (χ1) is 8.27. The van der Waals surface area contributed by atoms with E-state index in [1.165, 1.54) is 19.3 Å². The molecular formula is C14H25NO2. The highest BCUT2D eigenvalue weighted by atomic mass is 16.5. The molecule has 0 atom stereocenters. The molecule has 98 valence electrons. The fraction of sp³-hybridized carbons (Fsp3) is 0.929. The van der Waals surface area contributed by atoms with Crippen molar-refractivity contribution in [2.75, 3.05) is 26.8 Å². The van der Waals surface area contributed by atoms with E-state index in [1.54, 1.807) is 0 Å². The molecule has 0 radical (unpaired) electrons. The van der Waals surface area contributed by atoms with Crippen molar-refractivity contribution in [3.05, 3.63) is 0 Å². The van der Waals surface area contributed by atoms with Gasteiger partial charge in [-0.3, -0.25) is 9.69 Å². The van der Waals surface area contributed by atoms with Crippen LogP contribution in [0.15, 0.2) is 0 Å². The number of hydrogen-bond donors (Lipinski definition) is 0. The van der Waals surface area contributed by atoms with Crippen molar-refractivity contribution in [2.45, 2.75) is 51.0 Å². The summed E-state index contributed by atoms with van der Waals surface area (Å²) in [4.78, 5) is 14.4. The van der Waals surface area contributed by atoms with E-state index in [4.69, 9.17) is 4.74 Å². The van der Waals surface area contributed by atoms with Crippen LogP contribution < -0.4 is 0 Å². The Kier molecular flexibility index (Phi) is 4.99. The highest BCUT2D eigenvalue weighted by molar-refractivity contribution is 5.83. The lowest BCUT2D eigenvalue weighted by molar-refractivity contribution is -0.125. The van der Waals surface area contributed by atoms with Crippen molar-refractivity contribution in [1.29, 1.82) is 0 Å². The van der Waals surface area contributed by atoms with Gasteiger partial charge in [-0.25, -0.2) is 0 Å². The van der Waals surface area contributed by atoms with Crippen LogP contribution in [0.1, 0.15) is 44.9 Å². The second kappa shape index (κ2) is 6.50. The summed E-state index contributed by atoms with van der Waals surface area (Å²) in [5.41, 5.74) is 0. The average Bonchev–Trinajstić information content (AvgIpc) is 2.40. The molecule has 0 aromatic rings. The van der Waals surface area contributed by atoms with Gasteiger partial charge < -0.3 is 4.74 Å². The fourth-order valence-corrected chi connectivity index (χ4v) is 3.05. The molecule has 0 aromatic heterocycles. The zero-order valence-electron chi connectivity index (χ0n) is 11.0. The number of carbonyl (C=O) groups is 1. The first kappa shape index (κ1) is 13.0. The lowest BCUT2D eigenvalue weighted by atomic mass is 9.86. The maximum Gasteiger partial charge on any atom is 0.149 e. The summed E-state index contributed by atoms with van der Waals surface area (Å²) < 4.78 is 5.36. The van der Waals surface area contributed by atoms with Crippen LogP contribution in [-0.2, 0) is 9.53 Å². The predicted octanol–water partition coefficient (Wildman–Crippen LogP) is 2.25. The van der Waals surface area contributed by atoms with Gasteiger partial charge in [-0.05, 0) is 32.7 Å². The van der Waals surface area contributed by atoms with Crippen molar-refractivity contribution < 1.29 is 9.53 Å². The Balaban J connectivity index is 1.76. The Labute approximate surface area is 105 Å². The first-order valence-electron chi connectivity index (χ1n) is 7.08. The molecule has 1 saturated carbocycles. The molecule has 0 aromatic carbocycles. The van der Waals surface area contributed by atoms with Crippen molar-refractivity contribution >= 4 is 5.78 Å². The Morgan fingerprint density at radius 3 is 2.41 bits per heavy atom. The molecule has 2 fully saturated rings. The van der Waals surface area contributed by atoms with E-state index in [0.717, 1.165) is 38.9 Å². The van der Waals surface area contributed by atoms with Gasteiger partial charge in [-0.15, -0.1) is 0 Å². The third-order valence-corrected chi connectivity index (χ3v) is 4.28. The Hall–Kier alpha value is -0.410. The standard InChI is InChI=1S/C14H25NO2/c1-15(13-7-9-17-10-8-13)11-14(16)12-5-3-2-4-6-12/h12-13H,2-11H2,1H3. The summed E-state index contributed by atoms with van der Waals surface area (Å²) in [6, 6.07) is 0.552. The van der Waals surface area contributed by atoms with E-state index in [2.05, 4.69) is 11.9 Å². The van der Waals surface area contributed by atoms with E-state index >= 15 is 0 Å². The van der Waals surface area contributed by atoms with Crippen molar-refractivity contribution in [1.82, 2.24) is 4.90 Å². The minimum Gasteiger partial charge on any atom is -0.381 e. The summed E-state index contributed by atoms with van der Waals surface area (Å²) in [5, 5.41) is 0. The van der Waals surface area contributed by atoms with Gasteiger partial charge in [0, 0.05) is 25.2 Å². The molecule has 0 amide bonds. The number of likely N-dealkylation sites (N-methyl/N-ethyl adjacent to an activating group) is 1. The number of hydrogen-bond acceptors (Lipinski definition) is 3. The van der Waals surface area contributed by atoms with Gasteiger partial charge in [0.25, 0.3) is 0 Å². The van der Waals surface area contributed by atoms with Crippen LogP contribution in [0, 0.1) is 5.92 Å². The highest BCUT2D eigenvalue weighted by Gasteiger charge is 2.25. The van der Waals surface area contributed by atoms with Crippen LogP contribution in [0.3, 0.4) is 0 Å². The molecule has 1 heterocycles.